The van der Waals surface area contributed by atoms with Gasteiger partial charge < -0.3 is 4.57 Å². The Bertz CT molecular complexity index is 730. The Morgan fingerprint density at radius 3 is 2.55 bits per heavy atom. The van der Waals surface area contributed by atoms with Crippen LogP contribution in [0, 0.1) is 0 Å². The summed E-state index contributed by atoms with van der Waals surface area (Å²) in [6.45, 7) is 3.88. The van der Waals surface area contributed by atoms with Gasteiger partial charge in [-0.1, -0.05) is 37.3 Å². The van der Waals surface area contributed by atoms with Crippen molar-refractivity contribution in [3.63, 3.8) is 0 Å². The normalized spacial score (nSPS) is 11.3. The highest BCUT2D eigenvalue weighted by Crippen LogP contribution is 2.06. The van der Waals surface area contributed by atoms with E-state index < -0.39 is 0 Å². The quantitative estimate of drug-likeness (QED) is 0.677. The van der Waals surface area contributed by atoms with Gasteiger partial charge in [-0.2, -0.15) is 5.10 Å². The predicted octanol–water partition coefficient (Wildman–Crippen LogP) is 1.95. The van der Waals surface area contributed by atoms with Crippen molar-refractivity contribution in [2.24, 2.45) is 5.10 Å². The zero-order chi connectivity index (χ0) is 15.9. The molecule has 0 radical (unpaired) electrons. The first-order valence-electron chi connectivity index (χ1n) is 7.18. The predicted molar refractivity (Wildman–Crippen MR) is 86.9 cm³/mol. The van der Waals surface area contributed by atoms with Crippen molar-refractivity contribution in [2.75, 3.05) is 0 Å². The molecule has 1 aromatic carbocycles. The Morgan fingerprint density at radius 2 is 1.91 bits per heavy atom. The Morgan fingerprint density at radius 1 is 1.18 bits per heavy atom. The smallest absolute Gasteiger partial charge is 0.260 e. The van der Waals surface area contributed by atoms with Crippen LogP contribution in [0.25, 0.3) is 0 Å². The van der Waals surface area contributed by atoms with Gasteiger partial charge in [0.05, 0.1) is 5.71 Å². The Balaban J connectivity index is 1.99. The van der Waals surface area contributed by atoms with Crippen molar-refractivity contribution < 1.29 is 4.79 Å². The first-order valence-corrected chi connectivity index (χ1v) is 7.18. The molecule has 2 rings (SSSR count). The van der Waals surface area contributed by atoms with Crippen LogP contribution < -0.4 is 11.0 Å². The lowest BCUT2D eigenvalue weighted by Gasteiger charge is -2.05. The molecule has 5 heteroatoms. The second-order valence-electron chi connectivity index (χ2n) is 4.95. The Kier molecular flexibility index (Phi) is 5.25. The molecule has 22 heavy (non-hydrogen) atoms. The van der Waals surface area contributed by atoms with Crippen molar-refractivity contribution in [1.82, 2.24) is 9.99 Å². The number of nitrogens with zero attached hydrogens (tertiary/aromatic N) is 2. The largest absolute Gasteiger partial charge is 0.306 e. The van der Waals surface area contributed by atoms with Crippen LogP contribution >= 0.6 is 0 Å². The molecule has 0 fully saturated rings. The molecule has 5 nitrogen and oxygen atoms in total. The van der Waals surface area contributed by atoms with E-state index in [1.807, 2.05) is 31.2 Å². The fourth-order valence-electron chi connectivity index (χ4n) is 1.97. The molecule has 0 aliphatic carbocycles. The van der Waals surface area contributed by atoms with Crippen LogP contribution in [0.1, 0.15) is 25.0 Å². The summed E-state index contributed by atoms with van der Waals surface area (Å²) in [6.07, 6.45) is 2.56. The van der Waals surface area contributed by atoms with Crippen molar-refractivity contribution in [2.45, 2.75) is 26.8 Å². The number of aryl methyl sites for hydroxylation is 1. The van der Waals surface area contributed by atoms with E-state index in [1.165, 1.54) is 16.2 Å². The molecular formula is C17H19N3O2. The molecule has 1 amide bonds. The van der Waals surface area contributed by atoms with E-state index in [1.54, 1.807) is 18.3 Å². The number of benzene rings is 1. The highest BCUT2D eigenvalue weighted by Gasteiger charge is 2.03. The minimum Gasteiger partial charge on any atom is -0.306 e. The second kappa shape index (κ2) is 7.36. The number of aromatic nitrogens is 1. The van der Waals surface area contributed by atoms with Gasteiger partial charge in [-0.15, -0.1) is 0 Å². The minimum absolute atomic E-state index is 0.0504. The number of pyridine rings is 1. The average Bonchev–Trinajstić information content (AvgIpc) is 2.55. The van der Waals surface area contributed by atoms with E-state index in [0.717, 1.165) is 17.7 Å². The summed E-state index contributed by atoms with van der Waals surface area (Å²) in [6, 6.07) is 12.8. The highest BCUT2D eigenvalue weighted by atomic mass is 16.2. The molecule has 2 aromatic rings. The third-order valence-electron chi connectivity index (χ3n) is 3.34. The summed E-state index contributed by atoms with van der Waals surface area (Å²) in [4.78, 5) is 23.3. The van der Waals surface area contributed by atoms with Crippen molar-refractivity contribution in [3.05, 3.63) is 70.1 Å². The van der Waals surface area contributed by atoms with E-state index in [9.17, 15) is 9.59 Å². The van der Waals surface area contributed by atoms with Crippen LogP contribution in [0.3, 0.4) is 0 Å². The molecule has 0 spiro atoms. The van der Waals surface area contributed by atoms with Gasteiger partial charge in [-0.3, -0.25) is 9.59 Å². The zero-order valence-electron chi connectivity index (χ0n) is 12.7. The highest BCUT2D eigenvalue weighted by molar-refractivity contribution is 5.99. The van der Waals surface area contributed by atoms with Crippen LogP contribution in [0.4, 0.5) is 0 Å². The maximum atomic E-state index is 11.8. The summed E-state index contributed by atoms with van der Waals surface area (Å²) in [5, 5.41) is 4.08. The first-order chi connectivity index (χ1) is 10.6. The topological polar surface area (TPSA) is 63.5 Å². The minimum atomic E-state index is -0.335. The van der Waals surface area contributed by atoms with Crippen LogP contribution in [0.2, 0.25) is 0 Å². The Hall–Kier alpha value is -2.69. The molecule has 1 aromatic heterocycles. The maximum absolute atomic E-state index is 11.8. The number of nitrogens with one attached hydrogen (secondary N) is 1. The van der Waals surface area contributed by atoms with Gasteiger partial charge in [0.2, 0.25) is 0 Å². The summed E-state index contributed by atoms with van der Waals surface area (Å²) in [5.74, 6) is -0.335. The van der Waals surface area contributed by atoms with Crippen LogP contribution in [-0.2, 0) is 17.8 Å². The van der Waals surface area contributed by atoms with Crippen LogP contribution in [0.15, 0.2) is 58.6 Å². The fourth-order valence-corrected chi connectivity index (χ4v) is 1.97. The fraction of sp³-hybridized carbons (Fsp3) is 0.235. The molecule has 0 aliphatic rings. The third kappa shape index (κ3) is 4.15. The van der Waals surface area contributed by atoms with Crippen molar-refractivity contribution in [3.8, 4) is 0 Å². The monoisotopic (exact) mass is 297 g/mol. The molecule has 0 saturated heterocycles. The lowest BCUT2D eigenvalue weighted by molar-refractivity contribution is -0.121. The van der Waals surface area contributed by atoms with Crippen LogP contribution in [0.5, 0.6) is 0 Å². The van der Waals surface area contributed by atoms with E-state index in [4.69, 9.17) is 0 Å². The van der Waals surface area contributed by atoms with Crippen molar-refractivity contribution >= 4 is 11.6 Å². The van der Waals surface area contributed by atoms with E-state index in [0.29, 0.717) is 0 Å². The number of amides is 1. The van der Waals surface area contributed by atoms with Gasteiger partial charge in [0, 0.05) is 12.3 Å². The average molecular weight is 297 g/mol. The summed E-state index contributed by atoms with van der Waals surface area (Å²) in [7, 11) is 0. The standard InChI is InChI=1S/C17H19N3O2/c1-3-14-7-9-15(10-8-14)13(2)18-19-16(21)12-20-11-5-4-6-17(20)22/h4-11H,3,12H2,1-2H3,(H,19,21)/b18-13-. The Labute approximate surface area is 129 Å². The third-order valence-corrected chi connectivity index (χ3v) is 3.34. The van der Waals surface area contributed by atoms with Gasteiger partial charge in [-0.05, 0) is 30.5 Å². The number of carbonyl (C=O) groups is 1. The molecule has 0 unspecified atom stereocenters. The van der Waals surface area contributed by atoms with Gasteiger partial charge in [0.15, 0.2) is 0 Å². The summed E-state index contributed by atoms with van der Waals surface area (Å²) in [5.41, 5.74) is 5.19. The van der Waals surface area contributed by atoms with Gasteiger partial charge >= 0.3 is 0 Å². The molecule has 0 aliphatic heterocycles. The van der Waals surface area contributed by atoms with E-state index in [-0.39, 0.29) is 18.0 Å². The number of rotatable bonds is 5. The zero-order valence-corrected chi connectivity index (χ0v) is 12.7. The van der Waals surface area contributed by atoms with Gasteiger partial charge in [-0.25, -0.2) is 5.43 Å². The lowest BCUT2D eigenvalue weighted by Crippen LogP contribution is -2.29. The van der Waals surface area contributed by atoms with E-state index >= 15 is 0 Å². The molecular weight excluding hydrogens is 278 g/mol. The number of carbonyl (C=O) groups excluding carboxylic acids is 1. The van der Waals surface area contributed by atoms with Crippen LogP contribution in [-0.4, -0.2) is 16.2 Å². The molecule has 1 heterocycles. The maximum Gasteiger partial charge on any atom is 0.260 e. The lowest BCUT2D eigenvalue weighted by atomic mass is 10.1. The summed E-state index contributed by atoms with van der Waals surface area (Å²) < 4.78 is 1.33. The molecule has 0 atom stereocenters. The number of hydrazone groups is 1. The first kappa shape index (κ1) is 15.7. The van der Waals surface area contributed by atoms with Gasteiger partial charge in [0.1, 0.15) is 6.54 Å². The van der Waals surface area contributed by atoms with E-state index in [2.05, 4.69) is 17.5 Å². The van der Waals surface area contributed by atoms with Gasteiger partial charge in [0.25, 0.3) is 11.5 Å². The molecule has 1 N–H and O–H groups in total. The SMILES string of the molecule is CCc1ccc(/C(C)=N\NC(=O)Cn2ccccc2=O)cc1. The number of hydrogen-bond donors (Lipinski definition) is 1. The molecule has 0 bridgehead atoms. The number of hydrogen-bond acceptors (Lipinski definition) is 3. The summed E-state index contributed by atoms with van der Waals surface area (Å²) >= 11 is 0. The van der Waals surface area contributed by atoms with Crippen molar-refractivity contribution in [1.29, 1.82) is 0 Å². The second-order valence-corrected chi connectivity index (χ2v) is 4.95. The molecule has 114 valence electrons. The molecule has 0 saturated carbocycles.